The van der Waals surface area contributed by atoms with Crippen molar-refractivity contribution < 1.29 is 4.79 Å². The smallest absolute Gasteiger partial charge is 0.242 e. The summed E-state index contributed by atoms with van der Waals surface area (Å²) >= 11 is 11.5. The van der Waals surface area contributed by atoms with Crippen molar-refractivity contribution in [2.75, 3.05) is 11.9 Å². The Bertz CT molecular complexity index is 386. The number of rotatable bonds is 4. The molecule has 0 spiro atoms. The minimum absolute atomic E-state index is 0.0787. The minimum atomic E-state index is -0.441. The number of likely N-dealkylation sites (N-methyl/N-ethyl adjacent to an activating group) is 1. The van der Waals surface area contributed by atoms with Gasteiger partial charge in [0.05, 0.1) is 6.20 Å². The van der Waals surface area contributed by atoms with E-state index in [2.05, 4.69) is 20.6 Å². The highest BCUT2D eigenvalue weighted by atomic mass is 35.5. The highest BCUT2D eigenvalue weighted by molar-refractivity contribution is 6.33. The number of hydrogen-bond acceptors (Lipinski definition) is 4. The van der Waals surface area contributed by atoms with Crippen LogP contribution in [0.5, 0.6) is 0 Å². The summed E-state index contributed by atoms with van der Waals surface area (Å²) in [6.07, 6.45) is 1.38. The fourth-order valence-electron chi connectivity index (χ4n) is 1.04. The normalized spacial score (nSPS) is 12.0. The maximum Gasteiger partial charge on any atom is 0.242 e. The number of anilines is 1. The minimum Gasteiger partial charge on any atom is -0.357 e. The van der Waals surface area contributed by atoms with E-state index >= 15 is 0 Å². The van der Waals surface area contributed by atoms with Crippen molar-refractivity contribution in [2.24, 2.45) is 0 Å². The van der Waals surface area contributed by atoms with E-state index in [1.807, 2.05) is 6.92 Å². The van der Waals surface area contributed by atoms with Gasteiger partial charge in [-0.15, -0.1) is 0 Å². The predicted octanol–water partition coefficient (Wildman–Crippen LogP) is 1.72. The van der Waals surface area contributed by atoms with Gasteiger partial charge in [0, 0.05) is 6.54 Å². The summed E-state index contributed by atoms with van der Waals surface area (Å²) in [6.45, 7) is 4.12. The number of carbonyl (C=O) groups is 1. The average molecular weight is 263 g/mol. The summed E-state index contributed by atoms with van der Waals surface area (Å²) in [6, 6.07) is -0.441. The number of aromatic nitrogens is 2. The van der Waals surface area contributed by atoms with Crippen LogP contribution in [0.3, 0.4) is 0 Å². The van der Waals surface area contributed by atoms with Gasteiger partial charge in [0.15, 0.2) is 5.82 Å². The molecule has 0 fully saturated rings. The quantitative estimate of drug-likeness (QED) is 0.812. The van der Waals surface area contributed by atoms with E-state index in [1.165, 1.54) is 6.20 Å². The molecule has 0 bridgehead atoms. The molecule has 1 heterocycles. The molecule has 2 N–H and O–H groups in total. The summed E-state index contributed by atoms with van der Waals surface area (Å²) in [5.41, 5.74) is 0. The van der Waals surface area contributed by atoms with Crippen molar-refractivity contribution in [2.45, 2.75) is 19.9 Å². The third kappa shape index (κ3) is 3.50. The van der Waals surface area contributed by atoms with E-state index in [4.69, 9.17) is 23.2 Å². The van der Waals surface area contributed by atoms with Crippen molar-refractivity contribution in [1.29, 1.82) is 0 Å². The lowest BCUT2D eigenvalue weighted by atomic mass is 10.3. The third-order valence-electron chi connectivity index (χ3n) is 1.81. The summed E-state index contributed by atoms with van der Waals surface area (Å²) in [4.78, 5) is 19.0. The van der Waals surface area contributed by atoms with E-state index in [1.54, 1.807) is 6.92 Å². The fraction of sp³-hybridized carbons (Fsp3) is 0.444. The van der Waals surface area contributed by atoms with Crippen LogP contribution in [-0.2, 0) is 4.79 Å². The number of hydrogen-bond donors (Lipinski definition) is 2. The van der Waals surface area contributed by atoms with Crippen molar-refractivity contribution in [3.05, 3.63) is 16.5 Å². The van der Waals surface area contributed by atoms with Crippen LogP contribution in [0.25, 0.3) is 0 Å². The van der Waals surface area contributed by atoms with Crippen molar-refractivity contribution in [3.8, 4) is 0 Å². The molecule has 5 nitrogen and oxygen atoms in total. The van der Waals surface area contributed by atoms with E-state index in [0.29, 0.717) is 17.4 Å². The highest BCUT2D eigenvalue weighted by Crippen LogP contribution is 2.19. The molecular formula is C9H12Cl2N4O. The second-order valence-corrected chi connectivity index (χ2v) is 3.84. The molecule has 1 atom stereocenters. The molecule has 0 saturated carbocycles. The molecule has 16 heavy (non-hydrogen) atoms. The molecule has 0 radical (unpaired) electrons. The van der Waals surface area contributed by atoms with Crippen LogP contribution in [0.15, 0.2) is 6.20 Å². The molecule has 88 valence electrons. The van der Waals surface area contributed by atoms with E-state index in [9.17, 15) is 4.79 Å². The Balaban J connectivity index is 2.72. The van der Waals surface area contributed by atoms with Crippen molar-refractivity contribution in [1.82, 2.24) is 15.3 Å². The Morgan fingerprint density at radius 3 is 2.88 bits per heavy atom. The Morgan fingerprint density at radius 1 is 1.56 bits per heavy atom. The monoisotopic (exact) mass is 262 g/mol. The first-order valence-electron chi connectivity index (χ1n) is 4.77. The van der Waals surface area contributed by atoms with Crippen LogP contribution in [0.1, 0.15) is 13.8 Å². The number of halogens is 2. The molecule has 0 aliphatic rings. The topological polar surface area (TPSA) is 66.9 Å². The van der Waals surface area contributed by atoms with Crippen LogP contribution in [0.4, 0.5) is 5.82 Å². The lowest BCUT2D eigenvalue weighted by Crippen LogP contribution is -2.37. The lowest BCUT2D eigenvalue weighted by molar-refractivity contribution is -0.121. The summed E-state index contributed by atoms with van der Waals surface area (Å²) in [7, 11) is 0. The first-order chi connectivity index (χ1) is 7.54. The SMILES string of the molecule is CCNC(=O)C(C)Nc1nc(Cl)ncc1Cl. The van der Waals surface area contributed by atoms with Gasteiger partial charge in [0.25, 0.3) is 0 Å². The molecule has 0 saturated heterocycles. The molecule has 0 aromatic carbocycles. The number of amides is 1. The molecule has 1 aromatic rings. The summed E-state index contributed by atoms with van der Waals surface area (Å²) in [5.74, 6) is 0.216. The van der Waals surface area contributed by atoms with Crippen molar-refractivity contribution in [3.63, 3.8) is 0 Å². The zero-order valence-electron chi connectivity index (χ0n) is 8.92. The fourth-order valence-corrected chi connectivity index (χ4v) is 1.32. The zero-order valence-corrected chi connectivity index (χ0v) is 10.4. The molecule has 1 amide bonds. The van der Waals surface area contributed by atoms with Gasteiger partial charge in [0.1, 0.15) is 11.1 Å². The molecule has 1 rings (SSSR count). The van der Waals surface area contributed by atoms with Crippen LogP contribution >= 0.6 is 23.2 Å². The first-order valence-corrected chi connectivity index (χ1v) is 5.52. The van der Waals surface area contributed by atoms with Crippen LogP contribution < -0.4 is 10.6 Å². The number of nitrogens with zero attached hydrogens (tertiary/aromatic N) is 2. The van der Waals surface area contributed by atoms with Gasteiger partial charge in [-0.05, 0) is 25.4 Å². The molecule has 1 unspecified atom stereocenters. The summed E-state index contributed by atoms with van der Waals surface area (Å²) in [5, 5.41) is 5.93. The lowest BCUT2D eigenvalue weighted by Gasteiger charge is -2.14. The Hall–Kier alpha value is -1.07. The first kappa shape index (κ1) is 13.0. The van der Waals surface area contributed by atoms with Gasteiger partial charge < -0.3 is 10.6 Å². The molecule has 0 aliphatic carbocycles. The molecule has 7 heteroatoms. The Kier molecular flexibility index (Phi) is 4.76. The summed E-state index contributed by atoms with van der Waals surface area (Å²) < 4.78 is 0. The molecule has 1 aromatic heterocycles. The Labute approximate surface area is 104 Å². The highest BCUT2D eigenvalue weighted by Gasteiger charge is 2.14. The number of nitrogens with one attached hydrogen (secondary N) is 2. The van der Waals surface area contributed by atoms with E-state index in [0.717, 1.165) is 0 Å². The van der Waals surface area contributed by atoms with Gasteiger partial charge in [0.2, 0.25) is 11.2 Å². The van der Waals surface area contributed by atoms with Crippen LogP contribution in [0.2, 0.25) is 10.3 Å². The standard InChI is InChI=1S/C9H12Cl2N4O/c1-3-12-8(16)5(2)14-7-6(10)4-13-9(11)15-7/h4-5H,3H2,1-2H3,(H,12,16)(H,13,14,15). The zero-order chi connectivity index (χ0) is 12.1. The van der Waals surface area contributed by atoms with Gasteiger partial charge in [-0.1, -0.05) is 11.6 Å². The van der Waals surface area contributed by atoms with Gasteiger partial charge in [-0.2, -0.15) is 4.98 Å². The largest absolute Gasteiger partial charge is 0.357 e. The van der Waals surface area contributed by atoms with Gasteiger partial charge in [-0.25, -0.2) is 4.98 Å². The second-order valence-electron chi connectivity index (χ2n) is 3.10. The molecule has 0 aliphatic heterocycles. The Morgan fingerprint density at radius 2 is 2.25 bits per heavy atom. The van der Waals surface area contributed by atoms with Gasteiger partial charge >= 0.3 is 0 Å². The van der Waals surface area contributed by atoms with Crippen LogP contribution in [0, 0.1) is 0 Å². The third-order valence-corrected chi connectivity index (χ3v) is 2.27. The van der Waals surface area contributed by atoms with E-state index < -0.39 is 6.04 Å². The maximum atomic E-state index is 11.5. The average Bonchev–Trinajstić information content (AvgIpc) is 2.23. The molecular weight excluding hydrogens is 251 g/mol. The van der Waals surface area contributed by atoms with E-state index in [-0.39, 0.29) is 11.2 Å². The van der Waals surface area contributed by atoms with Gasteiger partial charge in [-0.3, -0.25) is 4.79 Å². The maximum absolute atomic E-state index is 11.5. The number of carbonyl (C=O) groups excluding carboxylic acids is 1. The van der Waals surface area contributed by atoms with Crippen LogP contribution in [-0.4, -0.2) is 28.5 Å². The second kappa shape index (κ2) is 5.86. The predicted molar refractivity (Wildman–Crippen MR) is 63.8 cm³/mol. The van der Waals surface area contributed by atoms with Crippen molar-refractivity contribution >= 4 is 34.9 Å².